The first-order valence-corrected chi connectivity index (χ1v) is 11.2. The second-order valence-corrected chi connectivity index (χ2v) is 8.06. The van der Waals surface area contributed by atoms with Gasteiger partial charge in [-0.3, -0.25) is 4.99 Å². The number of guanidine groups is 1. The fraction of sp³-hybridized carbons (Fsp3) is 0.696. The van der Waals surface area contributed by atoms with E-state index in [0.29, 0.717) is 6.54 Å². The quantitative estimate of drug-likeness (QED) is 0.413. The first kappa shape index (κ1) is 23.5. The Balaban J connectivity index is 1.78. The number of piperidine rings is 1. The number of hydrogen-bond acceptors (Lipinski definition) is 4. The van der Waals surface area contributed by atoms with Crippen LogP contribution < -0.4 is 15.4 Å². The summed E-state index contributed by atoms with van der Waals surface area (Å²) in [5.41, 5.74) is 0.850. The summed E-state index contributed by atoms with van der Waals surface area (Å²) in [5, 5.41) is 17.2. The van der Waals surface area contributed by atoms with E-state index in [9.17, 15) is 5.11 Å². The second-order valence-electron chi connectivity index (χ2n) is 8.06. The molecule has 164 valence electrons. The molecule has 6 heteroatoms. The van der Waals surface area contributed by atoms with E-state index in [2.05, 4.69) is 34.4 Å². The predicted molar refractivity (Wildman–Crippen MR) is 121 cm³/mol. The van der Waals surface area contributed by atoms with Crippen molar-refractivity contribution in [2.75, 3.05) is 39.3 Å². The van der Waals surface area contributed by atoms with Crippen molar-refractivity contribution in [2.24, 2.45) is 10.9 Å². The van der Waals surface area contributed by atoms with Crippen LogP contribution in [0.3, 0.4) is 0 Å². The van der Waals surface area contributed by atoms with Crippen LogP contribution in [0.25, 0.3) is 0 Å². The molecule has 0 bridgehead atoms. The smallest absolute Gasteiger partial charge is 0.191 e. The van der Waals surface area contributed by atoms with E-state index in [1.807, 2.05) is 38.1 Å². The Labute approximate surface area is 176 Å². The fourth-order valence-corrected chi connectivity index (χ4v) is 3.65. The molecule has 6 nitrogen and oxygen atoms in total. The standard InChI is InChI=1S/C23H40N4O2/c1-5-24-23(25-14-11-19-12-15-27(6-2)16-13-19)26-17-22(28)20-7-9-21(10-8-20)29-18(3)4/h7-10,18-19,22,28H,5-6,11-17H2,1-4H3,(H2,24,25,26). The van der Waals surface area contributed by atoms with Crippen molar-refractivity contribution >= 4 is 5.96 Å². The molecule has 0 aliphatic carbocycles. The summed E-state index contributed by atoms with van der Waals surface area (Å²) < 4.78 is 5.65. The summed E-state index contributed by atoms with van der Waals surface area (Å²) in [6.45, 7) is 14.0. The van der Waals surface area contributed by atoms with Gasteiger partial charge >= 0.3 is 0 Å². The highest BCUT2D eigenvalue weighted by Gasteiger charge is 2.17. The molecule has 1 aliphatic rings. The highest BCUT2D eigenvalue weighted by molar-refractivity contribution is 5.79. The number of ether oxygens (including phenoxy) is 1. The zero-order valence-electron chi connectivity index (χ0n) is 18.7. The largest absolute Gasteiger partial charge is 0.491 e. The highest BCUT2D eigenvalue weighted by atomic mass is 16.5. The van der Waals surface area contributed by atoms with Crippen LogP contribution in [0.15, 0.2) is 29.3 Å². The van der Waals surface area contributed by atoms with E-state index < -0.39 is 6.10 Å². The second kappa shape index (κ2) is 12.7. The molecule has 29 heavy (non-hydrogen) atoms. The Morgan fingerprint density at radius 1 is 1.17 bits per heavy atom. The molecule has 3 N–H and O–H groups in total. The first-order valence-electron chi connectivity index (χ1n) is 11.2. The van der Waals surface area contributed by atoms with Gasteiger partial charge in [-0.05, 0) is 83.3 Å². The molecule has 1 heterocycles. The number of aliphatic hydroxyl groups is 1. The highest BCUT2D eigenvalue weighted by Crippen LogP contribution is 2.20. The molecule has 1 atom stereocenters. The minimum Gasteiger partial charge on any atom is -0.491 e. The topological polar surface area (TPSA) is 69.1 Å². The van der Waals surface area contributed by atoms with Gasteiger partial charge in [0.1, 0.15) is 5.75 Å². The summed E-state index contributed by atoms with van der Waals surface area (Å²) in [6.07, 6.45) is 3.26. The van der Waals surface area contributed by atoms with Crippen LogP contribution in [0, 0.1) is 5.92 Å². The molecule has 0 saturated carbocycles. The Bertz CT molecular complexity index is 595. The monoisotopic (exact) mass is 404 g/mol. The maximum absolute atomic E-state index is 10.5. The van der Waals surface area contributed by atoms with Gasteiger partial charge in [0.15, 0.2) is 5.96 Å². The van der Waals surface area contributed by atoms with Crippen LogP contribution >= 0.6 is 0 Å². The predicted octanol–water partition coefficient (Wildman–Crippen LogP) is 3.18. The molecule has 1 saturated heterocycles. The minimum atomic E-state index is -0.628. The number of nitrogens with one attached hydrogen (secondary N) is 2. The number of nitrogens with zero attached hydrogens (tertiary/aromatic N) is 2. The van der Waals surface area contributed by atoms with E-state index >= 15 is 0 Å². The molecule has 1 aromatic rings. The van der Waals surface area contributed by atoms with Crippen molar-refractivity contribution in [1.29, 1.82) is 0 Å². The number of benzene rings is 1. The SMILES string of the molecule is CCNC(=NCC(O)c1ccc(OC(C)C)cc1)NCCC1CCN(CC)CC1. The van der Waals surface area contributed by atoms with Crippen molar-refractivity contribution in [3.63, 3.8) is 0 Å². The lowest BCUT2D eigenvalue weighted by molar-refractivity contribution is 0.186. The van der Waals surface area contributed by atoms with E-state index in [1.165, 1.54) is 32.4 Å². The van der Waals surface area contributed by atoms with Crippen molar-refractivity contribution in [3.05, 3.63) is 29.8 Å². The third-order valence-electron chi connectivity index (χ3n) is 5.40. The van der Waals surface area contributed by atoms with Gasteiger partial charge in [0.2, 0.25) is 0 Å². The molecular formula is C23H40N4O2. The number of aliphatic imine (C=N–C) groups is 1. The minimum absolute atomic E-state index is 0.142. The average Bonchev–Trinajstić information content (AvgIpc) is 2.72. The number of likely N-dealkylation sites (tertiary alicyclic amines) is 1. The van der Waals surface area contributed by atoms with Crippen LogP contribution in [0.1, 0.15) is 58.6 Å². The molecular weight excluding hydrogens is 364 g/mol. The first-order chi connectivity index (χ1) is 14.0. The lowest BCUT2D eigenvalue weighted by atomic mass is 9.93. The Kier molecular flexibility index (Phi) is 10.3. The van der Waals surface area contributed by atoms with Crippen LogP contribution in [-0.4, -0.2) is 61.3 Å². The summed E-state index contributed by atoms with van der Waals surface area (Å²) in [5.74, 6) is 2.39. The maximum Gasteiger partial charge on any atom is 0.191 e. The van der Waals surface area contributed by atoms with Gasteiger partial charge in [-0.25, -0.2) is 0 Å². The van der Waals surface area contributed by atoms with Gasteiger partial charge in [0.05, 0.1) is 18.8 Å². The van der Waals surface area contributed by atoms with Gasteiger partial charge in [-0.15, -0.1) is 0 Å². The van der Waals surface area contributed by atoms with Gasteiger partial charge in [-0.1, -0.05) is 19.1 Å². The maximum atomic E-state index is 10.5. The molecule has 0 radical (unpaired) electrons. The van der Waals surface area contributed by atoms with Crippen LogP contribution in [0.2, 0.25) is 0 Å². The van der Waals surface area contributed by atoms with E-state index in [4.69, 9.17) is 4.74 Å². The Hall–Kier alpha value is -1.79. The summed E-state index contributed by atoms with van der Waals surface area (Å²) in [4.78, 5) is 7.10. The molecule has 0 spiro atoms. The molecule has 0 aromatic heterocycles. The summed E-state index contributed by atoms with van der Waals surface area (Å²) in [7, 11) is 0. The van der Waals surface area contributed by atoms with Crippen molar-refractivity contribution in [2.45, 2.75) is 59.2 Å². The van der Waals surface area contributed by atoms with Gasteiger partial charge in [-0.2, -0.15) is 0 Å². The van der Waals surface area contributed by atoms with Crippen LogP contribution in [0.5, 0.6) is 5.75 Å². The van der Waals surface area contributed by atoms with E-state index in [0.717, 1.165) is 42.8 Å². The zero-order chi connectivity index (χ0) is 21.1. The van der Waals surface area contributed by atoms with Gasteiger partial charge in [0, 0.05) is 13.1 Å². The van der Waals surface area contributed by atoms with E-state index in [1.54, 1.807) is 0 Å². The van der Waals surface area contributed by atoms with Crippen molar-refractivity contribution in [1.82, 2.24) is 15.5 Å². The van der Waals surface area contributed by atoms with Gasteiger partial charge in [0.25, 0.3) is 0 Å². The third-order valence-corrected chi connectivity index (χ3v) is 5.40. The number of aliphatic hydroxyl groups excluding tert-OH is 1. The zero-order valence-corrected chi connectivity index (χ0v) is 18.7. The number of hydrogen-bond donors (Lipinski definition) is 3. The Morgan fingerprint density at radius 2 is 1.86 bits per heavy atom. The summed E-state index contributed by atoms with van der Waals surface area (Å²) in [6, 6.07) is 7.60. The lowest BCUT2D eigenvalue weighted by Crippen LogP contribution is -2.39. The van der Waals surface area contributed by atoms with E-state index in [-0.39, 0.29) is 6.10 Å². The van der Waals surface area contributed by atoms with Crippen molar-refractivity contribution in [3.8, 4) is 5.75 Å². The molecule has 1 aliphatic heterocycles. The van der Waals surface area contributed by atoms with Crippen molar-refractivity contribution < 1.29 is 9.84 Å². The van der Waals surface area contributed by atoms with Crippen LogP contribution in [-0.2, 0) is 0 Å². The normalized spacial score (nSPS) is 17.4. The Morgan fingerprint density at radius 3 is 2.45 bits per heavy atom. The molecule has 0 amide bonds. The average molecular weight is 405 g/mol. The fourth-order valence-electron chi connectivity index (χ4n) is 3.65. The molecule has 1 unspecified atom stereocenters. The third kappa shape index (κ3) is 8.62. The molecule has 1 fully saturated rings. The number of rotatable bonds is 10. The molecule has 2 rings (SSSR count). The van der Waals surface area contributed by atoms with Crippen LogP contribution in [0.4, 0.5) is 0 Å². The summed E-state index contributed by atoms with van der Waals surface area (Å²) >= 11 is 0. The molecule has 1 aromatic carbocycles. The lowest BCUT2D eigenvalue weighted by Gasteiger charge is -2.31. The van der Waals surface area contributed by atoms with Gasteiger partial charge < -0.3 is 25.4 Å².